The molecule has 3 unspecified atom stereocenters. The highest BCUT2D eigenvalue weighted by atomic mass is 35.5. The molecule has 3 nitrogen and oxygen atoms in total. The number of rotatable bonds is 4. The van der Waals surface area contributed by atoms with E-state index in [0.717, 1.165) is 56.0 Å². The quantitative estimate of drug-likeness (QED) is 0.609. The molecule has 0 radical (unpaired) electrons. The van der Waals surface area contributed by atoms with Crippen LogP contribution >= 0.6 is 24.0 Å². The Labute approximate surface area is 184 Å². The molecule has 8 heteroatoms. The zero-order valence-electron chi connectivity index (χ0n) is 16.1. The molecule has 2 aromatic carbocycles. The second kappa shape index (κ2) is 8.77. The fraction of sp³-hybridized carbons (Fsp3) is 0.409. The maximum atomic E-state index is 13.1. The maximum Gasteiger partial charge on any atom is 0.416 e. The van der Waals surface area contributed by atoms with E-state index in [1.165, 1.54) is 0 Å². The molecule has 162 valence electrons. The van der Waals surface area contributed by atoms with Crippen LogP contribution in [-0.4, -0.2) is 18.0 Å². The summed E-state index contributed by atoms with van der Waals surface area (Å²) in [5.74, 6) is -0.0378. The summed E-state index contributed by atoms with van der Waals surface area (Å²) < 4.78 is 39.4. The molecule has 1 aliphatic carbocycles. The van der Waals surface area contributed by atoms with Gasteiger partial charge in [-0.1, -0.05) is 48.4 Å². The van der Waals surface area contributed by atoms with Gasteiger partial charge < -0.3 is 10.6 Å². The first-order chi connectivity index (χ1) is 13.8. The van der Waals surface area contributed by atoms with Crippen molar-refractivity contribution in [3.05, 3.63) is 70.2 Å². The van der Waals surface area contributed by atoms with E-state index in [1.54, 1.807) is 0 Å². The van der Waals surface area contributed by atoms with E-state index in [0.29, 0.717) is 5.92 Å². The Morgan fingerprint density at radius 1 is 1.20 bits per heavy atom. The molecule has 4 rings (SSSR count). The largest absolute Gasteiger partial charge is 0.416 e. The number of benzene rings is 2. The van der Waals surface area contributed by atoms with Crippen LogP contribution in [0.4, 0.5) is 13.2 Å². The van der Waals surface area contributed by atoms with Crippen molar-refractivity contribution in [2.75, 3.05) is 6.54 Å². The molecule has 2 aliphatic rings. The van der Waals surface area contributed by atoms with E-state index in [-0.39, 0.29) is 34.6 Å². The molecule has 1 amide bonds. The zero-order valence-corrected chi connectivity index (χ0v) is 17.7. The van der Waals surface area contributed by atoms with Gasteiger partial charge in [0.05, 0.1) is 22.2 Å². The van der Waals surface area contributed by atoms with Crippen molar-refractivity contribution in [2.24, 2.45) is 5.92 Å². The van der Waals surface area contributed by atoms with E-state index >= 15 is 0 Å². The van der Waals surface area contributed by atoms with Crippen molar-refractivity contribution >= 4 is 29.9 Å². The van der Waals surface area contributed by atoms with Crippen LogP contribution in [0, 0.1) is 5.92 Å². The summed E-state index contributed by atoms with van der Waals surface area (Å²) in [5.41, 5.74) is -0.421. The summed E-state index contributed by atoms with van der Waals surface area (Å²) in [6.07, 6.45) is -0.492. The Balaban J connectivity index is 0.00000256. The predicted octanol–water partition coefficient (Wildman–Crippen LogP) is 5.78. The molecule has 1 saturated heterocycles. The standard InChI is InChI=1S/C22H22ClF3N2O.ClH/c23-18-9-8-16(22(24,25)26)11-17(18)20(29)28-19(15-6-2-1-3-7-15)21-10-4-5-14(12-21)13-27-21;/h1-3,6-9,11,14,19,27H,4-5,10,12-13H2,(H,28,29);1H. The van der Waals surface area contributed by atoms with Crippen LogP contribution in [-0.2, 0) is 6.18 Å². The third kappa shape index (κ3) is 4.46. The number of alkyl halides is 3. The van der Waals surface area contributed by atoms with Gasteiger partial charge in [-0.3, -0.25) is 4.79 Å². The molecule has 0 aromatic heterocycles. The van der Waals surface area contributed by atoms with Crippen molar-refractivity contribution in [3.8, 4) is 0 Å². The summed E-state index contributed by atoms with van der Waals surface area (Å²) in [5, 5.41) is 6.61. The number of hydrogen-bond acceptors (Lipinski definition) is 2. The van der Waals surface area contributed by atoms with Crippen molar-refractivity contribution in [1.29, 1.82) is 0 Å². The van der Waals surface area contributed by atoms with Gasteiger partial charge in [-0.05, 0) is 55.5 Å². The summed E-state index contributed by atoms with van der Waals surface area (Å²) in [7, 11) is 0. The van der Waals surface area contributed by atoms with Crippen molar-refractivity contribution in [3.63, 3.8) is 0 Å². The molecule has 0 spiro atoms. The molecule has 30 heavy (non-hydrogen) atoms. The highest BCUT2D eigenvalue weighted by Crippen LogP contribution is 2.45. The van der Waals surface area contributed by atoms with Gasteiger partial charge in [0.2, 0.25) is 0 Å². The molecule has 2 N–H and O–H groups in total. The molecule has 1 heterocycles. The topological polar surface area (TPSA) is 41.1 Å². The molecular formula is C22H23Cl2F3N2O. The summed E-state index contributed by atoms with van der Waals surface area (Å²) in [6, 6.07) is 12.1. The fourth-order valence-electron chi connectivity index (χ4n) is 4.74. The van der Waals surface area contributed by atoms with Crippen LogP contribution in [0.2, 0.25) is 5.02 Å². The number of hydrogen-bond donors (Lipinski definition) is 2. The maximum absolute atomic E-state index is 13.1. The van der Waals surface area contributed by atoms with Crippen LogP contribution in [0.3, 0.4) is 0 Å². The Morgan fingerprint density at radius 3 is 2.63 bits per heavy atom. The van der Waals surface area contributed by atoms with Crippen LogP contribution in [0.1, 0.15) is 53.2 Å². The molecular weight excluding hydrogens is 436 g/mol. The lowest BCUT2D eigenvalue weighted by atomic mass is 9.73. The van der Waals surface area contributed by atoms with Gasteiger partial charge in [0.1, 0.15) is 0 Å². The van der Waals surface area contributed by atoms with Gasteiger partial charge in [-0.15, -0.1) is 12.4 Å². The molecule has 2 fully saturated rings. The van der Waals surface area contributed by atoms with Crippen LogP contribution < -0.4 is 10.6 Å². The molecule has 3 atom stereocenters. The highest BCUT2D eigenvalue weighted by Gasteiger charge is 2.48. The van der Waals surface area contributed by atoms with E-state index < -0.39 is 17.6 Å². The molecule has 2 bridgehead atoms. The van der Waals surface area contributed by atoms with Crippen molar-refractivity contribution in [2.45, 2.75) is 43.4 Å². The van der Waals surface area contributed by atoms with E-state index in [9.17, 15) is 18.0 Å². The number of fused-ring (bicyclic) bond motifs is 2. The van der Waals surface area contributed by atoms with Crippen LogP contribution in [0.15, 0.2) is 48.5 Å². The zero-order chi connectivity index (χ0) is 20.6. The van der Waals surface area contributed by atoms with Gasteiger partial charge in [0.15, 0.2) is 0 Å². The number of carbonyl (C=O) groups is 1. The summed E-state index contributed by atoms with van der Waals surface area (Å²) in [4.78, 5) is 13.1. The lowest BCUT2D eigenvalue weighted by molar-refractivity contribution is -0.137. The minimum Gasteiger partial charge on any atom is -0.343 e. The first-order valence-electron chi connectivity index (χ1n) is 9.76. The van der Waals surface area contributed by atoms with Crippen LogP contribution in [0.5, 0.6) is 0 Å². The van der Waals surface area contributed by atoms with Crippen molar-refractivity contribution in [1.82, 2.24) is 10.6 Å². The van der Waals surface area contributed by atoms with E-state index in [4.69, 9.17) is 11.6 Å². The number of amides is 1. The normalized spacial score (nSPS) is 24.1. The molecule has 2 aromatic rings. The first-order valence-corrected chi connectivity index (χ1v) is 10.1. The van der Waals surface area contributed by atoms with Gasteiger partial charge in [-0.25, -0.2) is 0 Å². The number of carbonyl (C=O) groups excluding carboxylic acids is 1. The fourth-order valence-corrected chi connectivity index (χ4v) is 4.95. The second-order valence-corrected chi connectivity index (χ2v) is 8.42. The Morgan fingerprint density at radius 2 is 1.93 bits per heavy atom. The van der Waals surface area contributed by atoms with Gasteiger partial charge in [0, 0.05) is 5.54 Å². The molecule has 1 aliphatic heterocycles. The lowest BCUT2D eigenvalue weighted by Gasteiger charge is -2.41. The summed E-state index contributed by atoms with van der Waals surface area (Å²) in [6.45, 7) is 0.892. The average Bonchev–Trinajstić information content (AvgIpc) is 3.00. The first kappa shape index (κ1) is 22.9. The minimum atomic E-state index is -4.54. The molecule has 1 saturated carbocycles. The number of nitrogens with one attached hydrogen (secondary N) is 2. The second-order valence-electron chi connectivity index (χ2n) is 8.01. The Bertz CT molecular complexity index is 903. The number of halogens is 5. The average molecular weight is 459 g/mol. The van der Waals surface area contributed by atoms with Crippen molar-refractivity contribution < 1.29 is 18.0 Å². The van der Waals surface area contributed by atoms with Gasteiger partial charge in [0.25, 0.3) is 5.91 Å². The Hall–Kier alpha value is -1.76. The predicted molar refractivity (Wildman–Crippen MR) is 113 cm³/mol. The smallest absolute Gasteiger partial charge is 0.343 e. The van der Waals surface area contributed by atoms with Gasteiger partial charge in [-0.2, -0.15) is 13.2 Å². The van der Waals surface area contributed by atoms with Crippen LogP contribution in [0.25, 0.3) is 0 Å². The SMILES string of the molecule is Cl.O=C(NC(c1ccccc1)C12CCCC(CN1)C2)c1cc(C(F)(F)F)ccc1Cl. The third-order valence-corrected chi connectivity index (χ3v) is 6.46. The highest BCUT2D eigenvalue weighted by molar-refractivity contribution is 6.33. The lowest BCUT2D eigenvalue weighted by Crippen LogP contribution is -2.52. The monoisotopic (exact) mass is 458 g/mol. The van der Waals surface area contributed by atoms with E-state index in [1.807, 2.05) is 30.3 Å². The van der Waals surface area contributed by atoms with Gasteiger partial charge >= 0.3 is 6.18 Å². The minimum absolute atomic E-state index is 0. The third-order valence-electron chi connectivity index (χ3n) is 6.13. The Kier molecular flexibility index (Phi) is 6.70. The van der Waals surface area contributed by atoms with E-state index in [2.05, 4.69) is 10.6 Å². The summed E-state index contributed by atoms with van der Waals surface area (Å²) >= 11 is 6.09.